The molecule has 44 heavy (non-hydrogen) atoms. The van der Waals surface area contributed by atoms with E-state index in [0.717, 1.165) is 43.8 Å². The van der Waals surface area contributed by atoms with Gasteiger partial charge in [-0.2, -0.15) is 0 Å². The number of hydrogen-bond acceptors (Lipinski definition) is 2. The first-order valence-corrected chi connectivity index (χ1v) is 14.4. The van der Waals surface area contributed by atoms with Gasteiger partial charge in [0.05, 0.1) is 0 Å². The molecule has 2 nitrogen and oxygen atoms in total. The molecule has 2 heteroatoms. The van der Waals surface area contributed by atoms with Gasteiger partial charge in [0.25, 0.3) is 0 Å². The largest absolute Gasteiger partial charge is 0.356 e. The number of ether oxygens (including phenoxy) is 2. The first kappa shape index (κ1) is 28.4. The van der Waals surface area contributed by atoms with Crippen LogP contribution in [0.4, 0.5) is 0 Å². The molecule has 208 valence electrons. The summed E-state index contributed by atoms with van der Waals surface area (Å²) in [6, 6.07) is 41.0. The second-order valence-corrected chi connectivity index (χ2v) is 9.95. The first-order valence-electron chi connectivity index (χ1n) is 14.4. The van der Waals surface area contributed by atoms with Crippen molar-refractivity contribution in [2.75, 3.05) is 26.4 Å². The Morgan fingerprint density at radius 3 is 1.05 bits per heavy atom. The predicted molar refractivity (Wildman–Crippen MR) is 181 cm³/mol. The molecule has 0 saturated carbocycles. The summed E-state index contributed by atoms with van der Waals surface area (Å²) in [7, 11) is 0. The Morgan fingerprint density at radius 1 is 0.318 bits per heavy atom. The number of rotatable bonds is 4. The van der Waals surface area contributed by atoms with E-state index in [-0.39, 0.29) is 0 Å². The molecule has 0 amide bonds. The lowest BCUT2D eigenvalue weighted by molar-refractivity contribution is 0.204. The van der Waals surface area contributed by atoms with E-state index in [0.29, 0.717) is 26.4 Å². The molecule has 0 aromatic heterocycles. The number of benzene rings is 6. The van der Waals surface area contributed by atoms with Crippen molar-refractivity contribution >= 4 is 32.3 Å². The quantitative estimate of drug-likeness (QED) is 0.160. The number of fused-ring (bicyclic) bond motifs is 3. The summed E-state index contributed by atoms with van der Waals surface area (Å²) in [6.45, 7) is 1.26. The molecule has 0 bridgehead atoms. The molecule has 6 rings (SSSR count). The van der Waals surface area contributed by atoms with Crippen LogP contribution in [-0.2, 0) is 9.47 Å². The van der Waals surface area contributed by atoms with E-state index in [1.807, 2.05) is 72.8 Å². The highest BCUT2D eigenvalue weighted by atomic mass is 16.5. The Hall–Kier alpha value is -5.74. The fraction of sp³-hybridized carbons (Fsp3) is 0.0952. The lowest BCUT2D eigenvalue weighted by Crippen LogP contribution is -1.93. The molecule has 0 N–H and O–H groups in total. The summed E-state index contributed by atoms with van der Waals surface area (Å²) in [5.41, 5.74) is 3.89. The van der Waals surface area contributed by atoms with Gasteiger partial charge in [0, 0.05) is 22.3 Å². The van der Waals surface area contributed by atoms with Crippen molar-refractivity contribution in [1.82, 2.24) is 0 Å². The molecule has 0 spiro atoms. The minimum Gasteiger partial charge on any atom is -0.356 e. The molecule has 0 saturated heterocycles. The van der Waals surface area contributed by atoms with Crippen molar-refractivity contribution in [2.45, 2.75) is 0 Å². The summed E-state index contributed by atoms with van der Waals surface area (Å²) >= 11 is 0. The molecule has 6 aromatic carbocycles. The van der Waals surface area contributed by atoms with Gasteiger partial charge in [-0.05, 0) is 56.6 Å². The summed E-state index contributed by atoms with van der Waals surface area (Å²) in [5.74, 6) is 25.4. The van der Waals surface area contributed by atoms with E-state index in [1.54, 1.807) is 0 Å². The van der Waals surface area contributed by atoms with Gasteiger partial charge in [-0.1, -0.05) is 144 Å². The van der Waals surface area contributed by atoms with Gasteiger partial charge in [-0.25, -0.2) is 0 Å². The number of hydrogen-bond donors (Lipinski definition) is 0. The smallest absolute Gasteiger partial charge is 0.109 e. The Kier molecular flexibility index (Phi) is 9.31. The third-order valence-corrected chi connectivity index (χ3v) is 7.09. The monoisotopic (exact) mass is 564 g/mol. The molecule has 0 heterocycles. The minimum absolute atomic E-state index is 0.306. The van der Waals surface area contributed by atoms with Gasteiger partial charge < -0.3 is 9.47 Å². The third-order valence-electron chi connectivity index (χ3n) is 7.09. The summed E-state index contributed by atoms with van der Waals surface area (Å²) in [4.78, 5) is 0. The van der Waals surface area contributed by atoms with Crippen LogP contribution in [0.3, 0.4) is 0 Å². The molecular weight excluding hydrogens is 536 g/mol. The molecule has 0 fully saturated rings. The van der Waals surface area contributed by atoms with Gasteiger partial charge in [0.15, 0.2) is 0 Å². The van der Waals surface area contributed by atoms with Crippen LogP contribution in [0.1, 0.15) is 22.3 Å². The van der Waals surface area contributed by atoms with Crippen LogP contribution in [0.15, 0.2) is 121 Å². The van der Waals surface area contributed by atoms with Crippen molar-refractivity contribution in [3.63, 3.8) is 0 Å². The van der Waals surface area contributed by atoms with Crippen molar-refractivity contribution in [1.29, 1.82) is 0 Å². The summed E-state index contributed by atoms with van der Waals surface area (Å²) in [5, 5.41) is 6.78. The molecule has 6 aromatic rings. The van der Waals surface area contributed by atoms with E-state index in [9.17, 15) is 0 Å². The molecule has 0 aliphatic heterocycles. The maximum atomic E-state index is 5.67. The zero-order chi connectivity index (χ0) is 29.8. The first-order chi connectivity index (χ1) is 21.9. The predicted octanol–water partition coefficient (Wildman–Crippen LogP) is 7.99. The molecule has 0 atom stereocenters. The average molecular weight is 565 g/mol. The lowest BCUT2D eigenvalue weighted by Gasteiger charge is -2.03. The SMILES string of the molecule is C(#Cc1cccc2ccccc12)COCC#Cc1ccc(C#CCOCC#Cc2cccc3ccccc23)c2ccccc12. The van der Waals surface area contributed by atoms with Crippen LogP contribution in [0.5, 0.6) is 0 Å². The molecule has 0 aliphatic carbocycles. The third kappa shape index (κ3) is 7.00. The zero-order valence-corrected chi connectivity index (χ0v) is 24.2. The van der Waals surface area contributed by atoms with Crippen molar-refractivity contribution in [2.24, 2.45) is 0 Å². The second-order valence-electron chi connectivity index (χ2n) is 9.95. The van der Waals surface area contributed by atoms with Crippen LogP contribution in [0, 0.1) is 47.4 Å². The van der Waals surface area contributed by atoms with Crippen molar-refractivity contribution in [3.05, 3.63) is 144 Å². The highest BCUT2D eigenvalue weighted by Gasteiger charge is 2.02. The van der Waals surface area contributed by atoms with Crippen LogP contribution in [0.25, 0.3) is 32.3 Å². The Balaban J connectivity index is 1.03. The normalized spacial score (nSPS) is 10.1. The maximum Gasteiger partial charge on any atom is 0.109 e. The fourth-order valence-electron chi connectivity index (χ4n) is 5.02. The van der Waals surface area contributed by atoms with E-state index >= 15 is 0 Å². The maximum absolute atomic E-state index is 5.67. The van der Waals surface area contributed by atoms with Gasteiger partial charge in [0.2, 0.25) is 0 Å². The molecule has 0 aliphatic rings. The molecule has 0 radical (unpaired) electrons. The Morgan fingerprint density at radius 2 is 0.636 bits per heavy atom. The van der Waals surface area contributed by atoms with Crippen molar-refractivity contribution in [3.8, 4) is 47.4 Å². The van der Waals surface area contributed by atoms with E-state index in [2.05, 4.69) is 95.9 Å². The van der Waals surface area contributed by atoms with Crippen LogP contribution in [-0.4, -0.2) is 26.4 Å². The minimum atomic E-state index is 0.306. The fourth-order valence-corrected chi connectivity index (χ4v) is 5.02. The zero-order valence-electron chi connectivity index (χ0n) is 24.2. The Labute approximate surface area is 258 Å². The summed E-state index contributed by atoms with van der Waals surface area (Å²) < 4.78 is 11.3. The van der Waals surface area contributed by atoms with Crippen molar-refractivity contribution < 1.29 is 9.47 Å². The van der Waals surface area contributed by atoms with E-state index in [4.69, 9.17) is 9.47 Å². The summed E-state index contributed by atoms with van der Waals surface area (Å²) in [6.07, 6.45) is 0. The van der Waals surface area contributed by atoms with Gasteiger partial charge >= 0.3 is 0 Å². The average Bonchev–Trinajstić information content (AvgIpc) is 3.08. The highest BCUT2D eigenvalue weighted by molar-refractivity contribution is 5.93. The van der Waals surface area contributed by atoms with Gasteiger partial charge in [0.1, 0.15) is 26.4 Å². The Bertz CT molecular complexity index is 2040. The van der Waals surface area contributed by atoms with Crippen LogP contribution < -0.4 is 0 Å². The topological polar surface area (TPSA) is 18.5 Å². The lowest BCUT2D eigenvalue weighted by atomic mass is 10.00. The van der Waals surface area contributed by atoms with Gasteiger partial charge in [-0.15, -0.1) is 0 Å². The molecule has 0 unspecified atom stereocenters. The standard InChI is InChI=1S/C42H28O2/c1-3-23-39-33(13-1)15-7-17-35(39)19-9-29-43-31-11-21-37-27-28-38(42-26-6-5-25-41(37)42)22-12-32-44-30-10-20-36-18-8-16-34-14-2-4-24-40(34)36/h1-8,13-18,23-28H,29-32H2. The van der Waals surface area contributed by atoms with E-state index in [1.165, 1.54) is 10.8 Å². The van der Waals surface area contributed by atoms with Crippen LogP contribution >= 0.6 is 0 Å². The van der Waals surface area contributed by atoms with Gasteiger partial charge in [-0.3, -0.25) is 0 Å². The second kappa shape index (κ2) is 14.4. The van der Waals surface area contributed by atoms with E-state index < -0.39 is 0 Å². The highest BCUT2D eigenvalue weighted by Crippen LogP contribution is 2.22. The van der Waals surface area contributed by atoms with Crippen LogP contribution in [0.2, 0.25) is 0 Å². The molecular formula is C42H28O2.